The number of hydrogen-bond acceptors (Lipinski definition) is 13. The lowest BCUT2D eigenvalue weighted by Gasteiger charge is -2.45. The summed E-state index contributed by atoms with van der Waals surface area (Å²) in [6.07, 6.45) is 15.4. The van der Waals surface area contributed by atoms with Crippen molar-refractivity contribution in [2.24, 2.45) is 37.3 Å². The SMILES string of the molecule is C.COC1CCC2(CC1)Cc1ccc(-c3ccc4cc[nH]c4c3)cc1C21N=C(N)N(C)O1.COC1CCC2(CC1)Cc1ccc(Br)cc1C21N=C(N)N(C)O1.OB(O)c1ccc2c(c1)N=CC2. The fourth-order valence-corrected chi connectivity index (χ4v) is 12.1. The van der Waals surface area contributed by atoms with Gasteiger partial charge < -0.3 is 36.0 Å². The molecule has 0 bridgehead atoms. The Hall–Kier alpha value is -5.07. The molecule has 352 valence electrons. The molecular weight excluding hydrogens is 911 g/mol. The Bertz CT molecular complexity index is 2750. The summed E-state index contributed by atoms with van der Waals surface area (Å²) in [5.74, 6) is 0.894. The molecule has 5 aromatic rings. The highest BCUT2D eigenvalue weighted by molar-refractivity contribution is 9.10. The van der Waals surface area contributed by atoms with Crippen molar-refractivity contribution in [1.29, 1.82) is 0 Å². The van der Waals surface area contributed by atoms with Crippen LogP contribution in [-0.4, -0.2) is 90.9 Å². The summed E-state index contributed by atoms with van der Waals surface area (Å²) in [5, 5.41) is 22.2. The number of aliphatic imine (C=N–C) groups is 3. The van der Waals surface area contributed by atoms with Gasteiger partial charge in [0.05, 0.1) is 17.9 Å². The van der Waals surface area contributed by atoms with E-state index in [0.29, 0.717) is 29.6 Å². The van der Waals surface area contributed by atoms with Crippen molar-refractivity contribution in [2.75, 3.05) is 28.3 Å². The van der Waals surface area contributed by atoms with Crippen LogP contribution in [0.3, 0.4) is 0 Å². The van der Waals surface area contributed by atoms with Crippen molar-refractivity contribution in [1.82, 2.24) is 15.1 Å². The van der Waals surface area contributed by atoms with Crippen LogP contribution in [0, 0.1) is 10.8 Å². The van der Waals surface area contributed by atoms with Gasteiger partial charge in [-0.1, -0.05) is 65.8 Å². The number of nitrogens with zero attached hydrogens (tertiary/aromatic N) is 5. The molecule has 12 rings (SSSR count). The van der Waals surface area contributed by atoms with Gasteiger partial charge in [-0.2, -0.15) is 0 Å². The molecule has 3 aliphatic heterocycles. The second-order valence-corrected chi connectivity index (χ2v) is 19.8. The summed E-state index contributed by atoms with van der Waals surface area (Å²) in [6, 6.07) is 27.1. The highest BCUT2D eigenvalue weighted by Gasteiger charge is 2.64. The molecule has 7 aliphatic rings. The zero-order chi connectivity index (χ0) is 46.0. The molecule has 2 atom stereocenters. The predicted molar refractivity (Wildman–Crippen MR) is 268 cm³/mol. The van der Waals surface area contributed by atoms with E-state index in [9.17, 15) is 0 Å². The second kappa shape index (κ2) is 18.1. The maximum Gasteiger partial charge on any atom is 0.488 e. The van der Waals surface area contributed by atoms with Gasteiger partial charge in [0.2, 0.25) is 23.4 Å². The van der Waals surface area contributed by atoms with Crippen molar-refractivity contribution in [3.63, 3.8) is 0 Å². The molecule has 4 heterocycles. The Labute approximate surface area is 401 Å². The maximum atomic E-state index is 8.86. The second-order valence-electron chi connectivity index (χ2n) is 18.9. The number of aromatic nitrogens is 1. The zero-order valence-electron chi connectivity index (χ0n) is 38.0. The number of hydrogen-bond donors (Lipinski definition) is 5. The summed E-state index contributed by atoms with van der Waals surface area (Å²) in [4.78, 5) is 30.1. The smallest absolute Gasteiger partial charge is 0.423 e. The average Bonchev–Trinajstić information content (AvgIpc) is 4.18. The van der Waals surface area contributed by atoms with E-state index in [-0.39, 0.29) is 18.3 Å². The number of methoxy groups -OCH3 is 2. The van der Waals surface area contributed by atoms with Gasteiger partial charge in [-0.05, 0) is 139 Å². The minimum atomic E-state index is -1.40. The Morgan fingerprint density at radius 2 is 1.25 bits per heavy atom. The van der Waals surface area contributed by atoms with Crippen molar-refractivity contribution in [3.05, 3.63) is 117 Å². The molecule has 1 aromatic heterocycles. The molecule has 2 fully saturated rings. The predicted octanol–water partition coefficient (Wildman–Crippen LogP) is 7.50. The lowest BCUT2D eigenvalue weighted by molar-refractivity contribution is -0.232. The largest absolute Gasteiger partial charge is 0.488 e. The third-order valence-electron chi connectivity index (χ3n) is 15.4. The van der Waals surface area contributed by atoms with Crippen molar-refractivity contribution in [3.8, 4) is 11.1 Å². The number of fused-ring (bicyclic) bond motifs is 8. The van der Waals surface area contributed by atoms with E-state index in [1.54, 1.807) is 29.4 Å². The normalized spacial score (nSPS) is 28.5. The Morgan fingerprint density at radius 3 is 1.81 bits per heavy atom. The van der Waals surface area contributed by atoms with E-state index in [0.717, 1.165) is 103 Å². The van der Waals surface area contributed by atoms with Gasteiger partial charge in [0.25, 0.3) is 0 Å². The standard InChI is InChI=1S/C25H28N4O2.C17H22BrN3O2.C8H8BNO2.CH4/c1-29-23(26)28-25(31-29)21-13-17(18-4-3-16-9-12-27-22(16)14-18)5-6-19(21)15-24(25)10-7-20(30-2)8-11-24;1-21-15(19)20-17(23-21)14-9-12(18)4-3-11(14)10-16(17)7-5-13(22-2)6-8-16;11-9(12)7-2-1-6-3-4-10-8(6)5-7;/h3-6,9,12-14,20,27H,7-8,10-11,15H2,1-2H3,(H2,26,28);3-4,9,13H,5-8,10H2,1-2H3,(H2,19,20);1-2,4-5,11-12H,3H2;1H4. The number of halogens is 1. The number of hydroxylamine groups is 4. The quantitative estimate of drug-likeness (QED) is 0.113. The van der Waals surface area contributed by atoms with E-state index in [4.69, 9.17) is 50.6 Å². The van der Waals surface area contributed by atoms with E-state index < -0.39 is 18.6 Å². The third kappa shape index (κ3) is 7.97. The van der Waals surface area contributed by atoms with Crippen LogP contribution >= 0.6 is 15.9 Å². The van der Waals surface area contributed by atoms with Crippen LogP contribution in [0.5, 0.6) is 0 Å². The number of benzene rings is 4. The Morgan fingerprint density at radius 1 is 0.716 bits per heavy atom. The number of H-pyrrole nitrogens is 1. The number of guanidine groups is 2. The molecule has 14 nitrogen and oxygen atoms in total. The number of aromatic amines is 1. The molecule has 16 heteroatoms. The molecular formula is C51H62BBrN8O6. The van der Waals surface area contributed by atoms with Crippen LogP contribution in [0.25, 0.3) is 22.0 Å². The minimum absolute atomic E-state index is 0. The van der Waals surface area contributed by atoms with E-state index in [1.807, 2.05) is 39.7 Å². The van der Waals surface area contributed by atoms with Crippen LogP contribution in [0.4, 0.5) is 5.69 Å². The monoisotopic (exact) mass is 972 g/mol. The van der Waals surface area contributed by atoms with Crippen molar-refractivity contribution >= 4 is 63.2 Å². The number of nitrogens with one attached hydrogen (secondary N) is 1. The highest BCUT2D eigenvalue weighted by atomic mass is 79.9. The van der Waals surface area contributed by atoms with Crippen LogP contribution < -0.4 is 16.9 Å². The first kappa shape index (κ1) is 47.0. The van der Waals surface area contributed by atoms with Crippen molar-refractivity contribution in [2.45, 2.75) is 102 Å². The third-order valence-corrected chi connectivity index (χ3v) is 15.9. The zero-order valence-corrected chi connectivity index (χ0v) is 39.6. The molecule has 4 aliphatic carbocycles. The summed E-state index contributed by atoms with van der Waals surface area (Å²) >= 11 is 3.59. The summed E-state index contributed by atoms with van der Waals surface area (Å²) in [6.45, 7) is 0. The molecule has 4 spiro atoms. The van der Waals surface area contributed by atoms with Gasteiger partial charge in [-0.25, -0.2) is 29.8 Å². The fraction of sp³-hybridized carbons (Fsp3) is 0.431. The summed E-state index contributed by atoms with van der Waals surface area (Å²) in [7, 11) is 5.90. The van der Waals surface area contributed by atoms with E-state index >= 15 is 0 Å². The first-order chi connectivity index (χ1) is 31.8. The lowest BCUT2D eigenvalue weighted by Crippen LogP contribution is -2.46. The van der Waals surface area contributed by atoms with Gasteiger partial charge in [-0.3, -0.25) is 4.99 Å². The Balaban J connectivity index is 0.000000137. The number of nitrogens with two attached hydrogens (primary N) is 2. The molecule has 0 saturated heterocycles. The van der Waals surface area contributed by atoms with Crippen molar-refractivity contribution < 1.29 is 29.2 Å². The topological polar surface area (TPSA) is 189 Å². The van der Waals surface area contributed by atoms with Crippen LogP contribution in [0.1, 0.15) is 86.6 Å². The molecule has 4 aromatic carbocycles. The highest BCUT2D eigenvalue weighted by Crippen LogP contribution is 2.63. The van der Waals surface area contributed by atoms with Gasteiger partial charge in [0.1, 0.15) is 0 Å². The number of ether oxygens (including phenoxy) is 2. The van der Waals surface area contributed by atoms with E-state index in [1.165, 1.54) is 27.6 Å². The van der Waals surface area contributed by atoms with Crippen LogP contribution in [0.15, 0.2) is 105 Å². The molecule has 7 N–H and O–H groups in total. The van der Waals surface area contributed by atoms with Crippen LogP contribution in [-0.2, 0) is 49.9 Å². The summed E-state index contributed by atoms with van der Waals surface area (Å²) in [5.41, 5.74) is 21.7. The first-order valence-electron chi connectivity index (χ1n) is 22.9. The molecule has 0 amide bonds. The summed E-state index contributed by atoms with van der Waals surface area (Å²) < 4.78 is 12.3. The van der Waals surface area contributed by atoms with Gasteiger partial charge >= 0.3 is 7.12 Å². The molecule has 0 radical (unpaired) electrons. The van der Waals surface area contributed by atoms with Gasteiger partial charge in [0.15, 0.2) is 0 Å². The maximum absolute atomic E-state index is 8.86. The lowest BCUT2D eigenvalue weighted by atomic mass is 9.66. The molecule has 2 unspecified atom stereocenters. The van der Waals surface area contributed by atoms with Crippen LogP contribution in [0.2, 0.25) is 0 Å². The fourth-order valence-electron chi connectivity index (χ4n) is 11.7. The van der Waals surface area contributed by atoms with Gasteiger partial charge in [0, 0.05) is 79.1 Å². The van der Waals surface area contributed by atoms with E-state index in [2.05, 4.69) is 86.6 Å². The minimum Gasteiger partial charge on any atom is -0.423 e. The number of rotatable bonds is 4. The Kier molecular flexibility index (Phi) is 12.7. The molecule has 67 heavy (non-hydrogen) atoms. The first-order valence-corrected chi connectivity index (χ1v) is 23.7. The average molecular weight is 974 g/mol. The van der Waals surface area contributed by atoms with Gasteiger partial charge in [-0.15, -0.1) is 0 Å². The molecule has 2 saturated carbocycles.